The molecule has 4 rings (SSSR count). The number of rotatable bonds is 5. The molecule has 1 unspecified atom stereocenters. The van der Waals surface area contributed by atoms with Crippen LogP contribution >= 0.6 is 11.6 Å². The van der Waals surface area contributed by atoms with Gasteiger partial charge in [-0.1, -0.05) is 17.7 Å². The lowest BCUT2D eigenvalue weighted by atomic mass is 9.91. The number of nitrogens with two attached hydrogens (primary N) is 1. The molecule has 1 aromatic carbocycles. The van der Waals surface area contributed by atoms with E-state index in [1.807, 2.05) is 0 Å². The number of aromatic nitrogens is 1. The van der Waals surface area contributed by atoms with E-state index < -0.39 is 6.17 Å². The van der Waals surface area contributed by atoms with Crippen LogP contribution in [-0.4, -0.2) is 71.0 Å². The summed E-state index contributed by atoms with van der Waals surface area (Å²) >= 11 is 5.89. The van der Waals surface area contributed by atoms with Crippen molar-refractivity contribution in [1.29, 1.82) is 0 Å². The number of methoxy groups -OCH3 is 1. The third-order valence-corrected chi connectivity index (χ3v) is 6.78. The minimum Gasteiger partial charge on any atom is -0.497 e. The van der Waals surface area contributed by atoms with Gasteiger partial charge < -0.3 is 25.6 Å². The molecule has 2 aromatic rings. The van der Waals surface area contributed by atoms with E-state index in [9.17, 15) is 14.4 Å². The molecule has 1 aliphatic heterocycles. The number of nitrogens with one attached hydrogen (secondary N) is 1. The zero-order valence-corrected chi connectivity index (χ0v) is 20.4. The summed E-state index contributed by atoms with van der Waals surface area (Å²) in [6.45, 7) is 0.670. The van der Waals surface area contributed by atoms with E-state index in [0.29, 0.717) is 36.4 Å². The zero-order valence-electron chi connectivity index (χ0n) is 19.7. The SMILES string of the molecule is COc1cccc(C(=O)N2CCCN(C(=O)c3ccc(Cl)nc3)C2C(=O)NC2CCC(N)CC2)c1. The number of nitrogens with zero attached hydrogens (tertiary/aromatic N) is 3. The number of amides is 3. The molecular weight excluding hydrogens is 470 g/mol. The Balaban J connectivity index is 1.64. The van der Waals surface area contributed by atoms with Gasteiger partial charge in [0, 0.05) is 36.9 Å². The molecule has 2 heterocycles. The first-order chi connectivity index (χ1) is 16.9. The summed E-state index contributed by atoms with van der Waals surface area (Å²) in [6, 6.07) is 9.95. The van der Waals surface area contributed by atoms with Crippen molar-refractivity contribution in [2.45, 2.75) is 50.4 Å². The molecule has 2 aliphatic rings. The Bertz CT molecular complexity index is 1070. The van der Waals surface area contributed by atoms with Crippen molar-refractivity contribution >= 4 is 29.3 Å². The van der Waals surface area contributed by atoms with Gasteiger partial charge >= 0.3 is 0 Å². The van der Waals surface area contributed by atoms with Crippen molar-refractivity contribution in [3.63, 3.8) is 0 Å². The van der Waals surface area contributed by atoms with Gasteiger partial charge in [-0.25, -0.2) is 4.98 Å². The smallest absolute Gasteiger partial charge is 0.264 e. The molecule has 1 atom stereocenters. The molecule has 3 N–H and O–H groups in total. The molecule has 0 bridgehead atoms. The largest absolute Gasteiger partial charge is 0.497 e. The van der Waals surface area contributed by atoms with Crippen LogP contribution in [0.5, 0.6) is 5.75 Å². The van der Waals surface area contributed by atoms with Crippen molar-refractivity contribution < 1.29 is 19.1 Å². The van der Waals surface area contributed by atoms with Crippen LogP contribution in [-0.2, 0) is 4.79 Å². The monoisotopic (exact) mass is 499 g/mol. The van der Waals surface area contributed by atoms with Crippen LogP contribution < -0.4 is 15.8 Å². The number of benzene rings is 1. The van der Waals surface area contributed by atoms with Crippen LogP contribution in [0.2, 0.25) is 5.15 Å². The van der Waals surface area contributed by atoms with Gasteiger partial charge in [0.15, 0.2) is 6.17 Å². The first-order valence-corrected chi connectivity index (χ1v) is 12.2. The normalized spacial score (nSPS) is 22.4. The molecular formula is C25H30ClN5O4. The number of pyridine rings is 1. The highest BCUT2D eigenvalue weighted by molar-refractivity contribution is 6.29. The third-order valence-electron chi connectivity index (χ3n) is 6.55. The fourth-order valence-electron chi connectivity index (χ4n) is 4.66. The van der Waals surface area contributed by atoms with E-state index >= 15 is 0 Å². The average Bonchev–Trinajstić information content (AvgIpc) is 2.89. The Morgan fingerprint density at radius 2 is 1.71 bits per heavy atom. The highest BCUT2D eigenvalue weighted by atomic mass is 35.5. The second kappa shape index (κ2) is 11.0. The third kappa shape index (κ3) is 5.74. The molecule has 186 valence electrons. The average molecular weight is 500 g/mol. The molecule has 1 saturated carbocycles. The van der Waals surface area contributed by atoms with Gasteiger partial charge in [0.05, 0.1) is 12.7 Å². The Morgan fingerprint density at radius 3 is 2.34 bits per heavy atom. The highest BCUT2D eigenvalue weighted by Gasteiger charge is 2.41. The zero-order chi connectivity index (χ0) is 24.9. The van der Waals surface area contributed by atoms with Crippen LogP contribution in [0.4, 0.5) is 0 Å². The van der Waals surface area contributed by atoms with Gasteiger partial charge in [0.2, 0.25) is 0 Å². The summed E-state index contributed by atoms with van der Waals surface area (Å²) in [5, 5.41) is 3.33. The highest BCUT2D eigenvalue weighted by Crippen LogP contribution is 2.24. The van der Waals surface area contributed by atoms with Gasteiger partial charge in [0.25, 0.3) is 17.7 Å². The Labute approximate surface area is 209 Å². The summed E-state index contributed by atoms with van der Waals surface area (Å²) in [4.78, 5) is 47.6. The Morgan fingerprint density at radius 1 is 1.03 bits per heavy atom. The fraction of sp³-hybridized carbons (Fsp3) is 0.440. The first-order valence-electron chi connectivity index (χ1n) is 11.8. The van der Waals surface area contributed by atoms with E-state index in [4.69, 9.17) is 22.1 Å². The lowest BCUT2D eigenvalue weighted by Crippen LogP contribution is -2.64. The van der Waals surface area contributed by atoms with Gasteiger partial charge in [-0.15, -0.1) is 0 Å². The molecule has 10 heteroatoms. The molecule has 1 aromatic heterocycles. The Hall–Kier alpha value is -3.17. The van der Waals surface area contributed by atoms with Gasteiger partial charge in [-0.05, 0) is 62.4 Å². The second-order valence-electron chi connectivity index (χ2n) is 8.95. The van der Waals surface area contributed by atoms with Crippen molar-refractivity contribution in [3.8, 4) is 5.75 Å². The summed E-state index contributed by atoms with van der Waals surface area (Å²) in [5.41, 5.74) is 6.69. The quantitative estimate of drug-likeness (QED) is 0.610. The number of carbonyl (C=O) groups excluding carboxylic acids is 3. The predicted octanol–water partition coefficient (Wildman–Crippen LogP) is 2.44. The predicted molar refractivity (Wildman–Crippen MR) is 131 cm³/mol. The molecule has 0 radical (unpaired) electrons. The molecule has 9 nitrogen and oxygen atoms in total. The number of hydrogen-bond donors (Lipinski definition) is 2. The van der Waals surface area contributed by atoms with Crippen molar-refractivity contribution in [2.24, 2.45) is 5.73 Å². The number of hydrogen-bond acceptors (Lipinski definition) is 6. The molecule has 2 fully saturated rings. The minimum absolute atomic E-state index is 0.0489. The molecule has 1 aliphatic carbocycles. The lowest BCUT2D eigenvalue weighted by Gasteiger charge is -2.43. The van der Waals surface area contributed by atoms with Gasteiger partial charge in [-0.2, -0.15) is 0 Å². The summed E-state index contributed by atoms with van der Waals surface area (Å²) in [5.74, 6) is -0.575. The van der Waals surface area contributed by atoms with Crippen molar-refractivity contribution in [3.05, 3.63) is 58.9 Å². The van der Waals surface area contributed by atoms with Crippen molar-refractivity contribution in [1.82, 2.24) is 20.1 Å². The fourth-order valence-corrected chi connectivity index (χ4v) is 4.77. The maximum absolute atomic E-state index is 13.6. The number of halogens is 1. The summed E-state index contributed by atoms with van der Waals surface area (Å²) < 4.78 is 5.26. The van der Waals surface area contributed by atoms with Crippen LogP contribution in [0.15, 0.2) is 42.6 Å². The summed E-state index contributed by atoms with van der Waals surface area (Å²) in [6.07, 6.45) is 3.98. The number of ether oxygens (including phenoxy) is 1. The lowest BCUT2D eigenvalue weighted by molar-refractivity contribution is -0.133. The molecule has 35 heavy (non-hydrogen) atoms. The van der Waals surface area contributed by atoms with Gasteiger partial charge in [0.1, 0.15) is 10.9 Å². The van der Waals surface area contributed by atoms with Crippen molar-refractivity contribution in [2.75, 3.05) is 20.2 Å². The molecule has 1 saturated heterocycles. The topological polar surface area (TPSA) is 118 Å². The Kier molecular flexibility index (Phi) is 7.87. The maximum Gasteiger partial charge on any atom is 0.264 e. The number of carbonyl (C=O) groups is 3. The van der Waals surface area contributed by atoms with E-state index in [1.54, 1.807) is 30.3 Å². The van der Waals surface area contributed by atoms with Gasteiger partial charge in [-0.3, -0.25) is 14.4 Å². The first kappa shape index (κ1) is 24.9. The second-order valence-corrected chi connectivity index (χ2v) is 9.33. The van der Waals surface area contributed by atoms with E-state index in [1.165, 1.54) is 29.2 Å². The van der Waals surface area contributed by atoms with Crippen LogP contribution in [0.3, 0.4) is 0 Å². The van der Waals surface area contributed by atoms with Crippen LogP contribution in [0.25, 0.3) is 0 Å². The maximum atomic E-state index is 13.6. The standard InChI is InChI=1S/C25H30ClN5O4/c1-35-20-5-2-4-16(14-20)24(33)30-12-3-13-31(25(34)17-6-11-21(26)28-15-17)23(30)22(32)29-19-9-7-18(27)8-10-19/h2,4-6,11,14-15,18-19,23H,3,7-10,12-13,27H2,1H3,(H,29,32). The van der Waals surface area contributed by atoms with Crippen LogP contribution in [0.1, 0.15) is 52.8 Å². The molecule has 0 spiro atoms. The van der Waals surface area contributed by atoms with Crippen LogP contribution in [0, 0.1) is 0 Å². The van der Waals surface area contributed by atoms with E-state index in [-0.39, 0.29) is 35.0 Å². The minimum atomic E-state index is -1.10. The van der Waals surface area contributed by atoms with E-state index in [2.05, 4.69) is 10.3 Å². The summed E-state index contributed by atoms with van der Waals surface area (Å²) in [7, 11) is 1.53. The van der Waals surface area contributed by atoms with E-state index in [0.717, 1.165) is 25.7 Å². The molecule has 3 amide bonds.